The summed E-state index contributed by atoms with van der Waals surface area (Å²) in [5.74, 6) is -0.694. The van der Waals surface area contributed by atoms with Crippen LogP contribution in [0.3, 0.4) is 0 Å². The highest BCUT2D eigenvalue weighted by molar-refractivity contribution is 5.73. The number of hydrogen-bond donors (Lipinski definition) is 1. The fraction of sp³-hybridized carbons (Fsp3) is 0.467. The van der Waals surface area contributed by atoms with Gasteiger partial charge in [0.25, 0.3) is 0 Å². The molecule has 0 atom stereocenters. The third-order valence-electron chi connectivity index (χ3n) is 8.43. The highest BCUT2D eigenvalue weighted by Crippen LogP contribution is 2.40. The Balaban J connectivity index is 1.22. The monoisotopic (exact) mass is 552 g/mol. The number of ether oxygens (including phenoxy) is 1. The van der Waals surface area contributed by atoms with Crippen molar-refractivity contribution in [1.29, 1.82) is 0 Å². The predicted molar refractivity (Wildman–Crippen MR) is 151 cm³/mol. The van der Waals surface area contributed by atoms with E-state index in [1.165, 1.54) is 31.4 Å². The van der Waals surface area contributed by atoms with E-state index in [0.29, 0.717) is 47.7 Å². The van der Waals surface area contributed by atoms with Crippen molar-refractivity contribution in [3.8, 4) is 17.0 Å². The lowest BCUT2D eigenvalue weighted by Gasteiger charge is -2.37. The molecule has 1 saturated carbocycles. The van der Waals surface area contributed by atoms with E-state index in [2.05, 4.69) is 44.1 Å². The van der Waals surface area contributed by atoms with Crippen LogP contribution in [0.15, 0.2) is 36.5 Å². The maximum atomic E-state index is 15.1. The molecular weight excluding hydrogens is 517 g/mol. The van der Waals surface area contributed by atoms with Crippen molar-refractivity contribution < 1.29 is 17.9 Å². The van der Waals surface area contributed by atoms with Crippen LogP contribution < -0.4 is 19.9 Å². The van der Waals surface area contributed by atoms with Crippen molar-refractivity contribution in [1.82, 2.24) is 14.9 Å². The van der Waals surface area contributed by atoms with Gasteiger partial charge in [-0.25, -0.2) is 23.1 Å². The van der Waals surface area contributed by atoms with Crippen LogP contribution in [0, 0.1) is 23.4 Å². The first kappa shape index (κ1) is 26.7. The second-order valence-corrected chi connectivity index (χ2v) is 11.3. The third kappa shape index (κ3) is 5.41. The predicted octanol–water partition coefficient (Wildman–Crippen LogP) is 5.83. The van der Waals surface area contributed by atoms with Crippen LogP contribution in [-0.4, -0.2) is 67.8 Å². The zero-order valence-corrected chi connectivity index (χ0v) is 23.0. The highest BCUT2D eigenvalue weighted by Gasteiger charge is 2.28. The molecule has 1 N–H and O–H groups in total. The number of aromatic nitrogens is 2. The van der Waals surface area contributed by atoms with Gasteiger partial charge >= 0.3 is 0 Å². The number of hydrogen-bond acceptors (Lipinski definition) is 7. The fourth-order valence-electron chi connectivity index (χ4n) is 5.87. The summed E-state index contributed by atoms with van der Waals surface area (Å²) in [5.41, 5.74) is 1.88. The van der Waals surface area contributed by atoms with Crippen LogP contribution in [-0.2, 0) is 0 Å². The Morgan fingerprint density at radius 3 is 2.45 bits per heavy atom. The van der Waals surface area contributed by atoms with Crippen molar-refractivity contribution in [3.05, 3.63) is 54.0 Å². The largest absolute Gasteiger partial charge is 0.486 e. The minimum atomic E-state index is -0.671. The Bertz CT molecular complexity index is 1370. The van der Waals surface area contributed by atoms with E-state index in [9.17, 15) is 4.39 Å². The number of anilines is 4. The normalized spacial score (nSPS) is 17.9. The summed E-state index contributed by atoms with van der Waals surface area (Å²) in [6.45, 7) is 3.47. The summed E-state index contributed by atoms with van der Waals surface area (Å²) < 4.78 is 50.8. The lowest BCUT2D eigenvalue weighted by molar-refractivity contribution is 0.249. The molecule has 1 aliphatic carbocycles. The number of benzene rings is 2. The molecule has 1 saturated heterocycles. The molecule has 2 aliphatic heterocycles. The number of nitrogens with zero attached hydrogens (tertiary/aromatic N) is 5. The molecule has 0 radical (unpaired) electrons. The number of nitrogens with one attached hydrogen (secondary N) is 1. The molecule has 0 spiro atoms. The Morgan fingerprint density at radius 1 is 0.950 bits per heavy atom. The van der Waals surface area contributed by atoms with Gasteiger partial charge in [-0.1, -0.05) is 6.42 Å². The van der Waals surface area contributed by atoms with Gasteiger partial charge in [-0.05, 0) is 76.0 Å². The van der Waals surface area contributed by atoms with Crippen molar-refractivity contribution in [3.63, 3.8) is 0 Å². The van der Waals surface area contributed by atoms with Gasteiger partial charge in [0, 0.05) is 36.9 Å². The topological polar surface area (TPSA) is 56.8 Å². The van der Waals surface area contributed by atoms with Crippen LogP contribution in [0.1, 0.15) is 32.1 Å². The molecule has 0 unspecified atom stereocenters. The molecule has 40 heavy (non-hydrogen) atoms. The summed E-state index contributed by atoms with van der Waals surface area (Å²) in [5, 5.41) is 2.98. The summed E-state index contributed by atoms with van der Waals surface area (Å²) >= 11 is 0. The van der Waals surface area contributed by atoms with Gasteiger partial charge in [-0.3, -0.25) is 0 Å². The SMILES string of the molecule is CN(C)C1CCN(c2ccc(Nc3ncc(F)c(-c4cc(F)c5c(c4)N(CC4CCC4)CCO5)n3)cc2F)CC1. The van der Waals surface area contributed by atoms with Gasteiger partial charge in [0.1, 0.15) is 18.1 Å². The van der Waals surface area contributed by atoms with Gasteiger partial charge in [-0.2, -0.15) is 0 Å². The third-order valence-corrected chi connectivity index (χ3v) is 8.43. The summed E-state index contributed by atoms with van der Waals surface area (Å²) in [4.78, 5) is 14.8. The first-order valence-electron chi connectivity index (χ1n) is 14.1. The zero-order valence-electron chi connectivity index (χ0n) is 23.0. The zero-order chi connectivity index (χ0) is 27.8. The highest BCUT2D eigenvalue weighted by atomic mass is 19.1. The van der Waals surface area contributed by atoms with Gasteiger partial charge in [0.2, 0.25) is 5.95 Å². The molecule has 7 nitrogen and oxygen atoms in total. The Hall–Kier alpha value is -3.53. The van der Waals surface area contributed by atoms with E-state index < -0.39 is 11.6 Å². The minimum Gasteiger partial charge on any atom is -0.486 e. The number of halogens is 3. The molecule has 2 fully saturated rings. The van der Waals surface area contributed by atoms with E-state index in [1.54, 1.807) is 18.2 Å². The van der Waals surface area contributed by atoms with E-state index in [4.69, 9.17) is 4.74 Å². The maximum absolute atomic E-state index is 15.1. The van der Waals surface area contributed by atoms with Crippen molar-refractivity contribution in [2.24, 2.45) is 5.92 Å². The van der Waals surface area contributed by atoms with Gasteiger partial charge < -0.3 is 24.8 Å². The fourth-order valence-corrected chi connectivity index (χ4v) is 5.87. The molecular formula is C30H35F3N6O. The first-order valence-corrected chi connectivity index (χ1v) is 14.1. The van der Waals surface area contributed by atoms with E-state index in [-0.39, 0.29) is 23.2 Å². The van der Waals surface area contributed by atoms with E-state index in [1.807, 2.05) is 0 Å². The van der Waals surface area contributed by atoms with E-state index in [0.717, 1.165) is 38.7 Å². The van der Waals surface area contributed by atoms with E-state index >= 15 is 8.78 Å². The average molecular weight is 553 g/mol. The lowest BCUT2D eigenvalue weighted by atomic mass is 9.85. The second-order valence-electron chi connectivity index (χ2n) is 11.3. The molecule has 0 amide bonds. The number of fused-ring (bicyclic) bond motifs is 1. The van der Waals surface area contributed by atoms with Crippen LogP contribution in [0.5, 0.6) is 5.75 Å². The first-order chi connectivity index (χ1) is 19.4. The molecule has 1 aromatic heterocycles. The van der Waals surface area contributed by atoms with Gasteiger partial charge in [0.05, 0.1) is 24.1 Å². The number of piperidine rings is 1. The molecule has 212 valence electrons. The Labute approximate surface area is 233 Å². The molecule has 3 aromatic rings. The standard InChI is InChI=1S/C30H35F3N6O/c1-37(2)22-8-10-38(11-9-22)26-7-6-21(16-23(26)31)35-30-34-17-25(33)28(36-30)20-14-24(32)29-27(15-20)39(12-13-40-29)18-19-4-3-5-19/h6-7,14-17,19,22H,3-5,8-13,18H2,1-2H3,(H,34,35,36). The number of rotatable bonds is 7. The lowest BCUT2D eigenvalue weighted by Crippen LogP contribution is -2.42. The summed E-state index contributed by atoms with van der Waals surface area (Å²) in [7, 11) is 4.15. The molecule has 2 aromatic carbocycles. The van der Waals surface area contributed by atoms with Crippen molar-refractivity contribution in [2.75, 3.05) is 62.0 Å². The molecule has 0 bridgehead atoms. The smallest absolute Gasteiger partial charge is 0.227 e. The van der Waals surface area contributed by atoms with Crippen molar-refractivity contribution >= 4 is 23.0 Å². The Morgan fingerprint density at radius 2 is 1.75 bits per heavy atom. The molecule has 3 heterocycles. The molecule has 6 rings (SSSR count). The minimum absolute atomic E-state index is 0.0331. The summed E-state index contributed by atoms with van der Waals surface area (Å²) in [6, 6.07) is 8.39. The van der Waals surface area contributed by atoms with Crippen LogP contribution >= 0.6 is 0 Å². The van der Waals surface area contributed by atoms with Crippen LogP contribution in [0.2, 0.25) is 0 Å². The maximum Gasteiger partial charge on any atom is 0.227 e. The Kier molecular flexibility index (Phi) is 7.44. The van der Waals surface area contributed by atoms with Gasteiger partial charge in [0.15, 0.2) is 17.4 Å². The van der Waals surface area contributed by atoms with Crippen molar-refractivity contribution in [2.45, 2.75) is 38.1 Å². The molecule has 10 heteroatoms. The van der Waals surface area contributed by atoms with Gasteiger partial charge in [-0.15, -0.1) is 0 Å². The van der Waals surface area contributed by atoms with Crippen LogP contribution in [0.4, 0.5) is 36.2 Å². The average Bonchev–Trinajstić information content (AvgIpc) is 2.92. The molecule has 3 aliphatic rings. The second kappa shape index (κ2) is 11.2. The summed E-state index contributed by atoms with van der Waals surface area (Å²) in [6.07, 6.45) is 6.56. The van der Waals surface area contributed by atoms with Crippen LogP contribution in [0.25, 0.3) is 11.3 Å². The quantitative estimate of drug-likeness (QED) is 0.396.